The molecule has 0 aliphatic carbocycles. The Morgan fingerprint density at radius 3 is 2.65 bits per heavy atom. The van der Waals surface area contributed by atoms with E-state index in [1.807, 2.05) is 42.2 Å². The van der Waals surface area contributed by atoms with Crippen molar-refractivity contribution in [1.29, 1.82) is 0 Å². The number of nitrogens with one attached hydrogen (secondary N) is 1. The van der Waals surface area contributed by atoms with Crippen molar-refractivity contribution in [2.24, 2.45) is 0 Å². The lowest BCUT2D eigenvalue weighted by Crippen LogP contribution is -2.47. The molecule has 1 aromatic carbocycles. The predicted molar refractivity (Wildman–Crippen MR) is 103 cm³/mol. The number of nitrogens with zero attached hydrogens (tertiary/aromatic N) is 5. The number of aromatic nitrogens is 3. The molecule has 134 valence electrons. The van der Waals surface area contributed by atoms with Crippen LogP contribution in [-0.2, 0) is 0 Å². The van der Waals surface area contributed by atoms with Gasteiger partial charge in [-0.1, -0.05) is 11.3 Å². The molecule has 7 nitrogen and oxygen atoms in total. The minimum Gasteiger partial charge on any atom is -0.336 e. The number of thiazole rings is 1. The highest BCUT2D eigenvalue weighted by Gasteiger charge is 2.21. The summed E-state index contributed by atoms with van der Waals surface area (Å²) in [7, 11) is 2.08. The number of fused-ring (bicyclic) bond motifs is 1. The van der Waals surface area contributed by atoms with Crippen LogP contribution in [0, 0.1) is 6.92 Å². The Bertz CT molecular complexity index is 931. The number of carbonyl (C=O) groups is 1. The zero-order valence-corrected chi connectivity index (χ0v) is 15.6. The standard InChI is InChI=1S/C18H20N6OS/c1-12-3-6-16(22-21-12)20-18-19-14-5-4-13(11-15(14)26-18)17(25)24-9-7-23(2)8-10-24/h3-6,11H,7-10H2,1-2H3,(H,19,20,22). The number of hydrogen-bond donors (Lipinski definition) is 1. The van der Waals surface area contributed by atoms with Crippen LogP contribution < -0.4 is 5.32 Å². The minimum absolute atomic E-state index is 0.0901. The van der Waals surface area contributed by atoms with Crippen LogP contribution in [0.5, 0.6) is 0 Å². The lowest BCUT2D eigenvalue weighted by Gasteiger charge is -2.32. The van der Waals surface area contributed by atoms with Gasteiger partial charge in [-0.2, -0.15) is 5.10 Å². The molecule has 0 saturated carbocycles. The smallest absolute Gasteiger partial charge is 0.253 e. The first-order valence-corrected chi connectivity index (χ1v) is 9.36. The van der Waals surface area contributed by atoms with Gasteiger partial charge in [0.2, 0.25) is 0 Å². The summed E-state index contributed by atoms with van der Waals surface area (Å²) < 4.78 is 0.979. The molecule has 1 N–H and O–H groups in total. The third-order valence-electron chi connectivity index (χ3n) is 4.46. The molecular formula is C18H20N6OS. The van der Waals surface area contributed by atoms with Gasteiger partial charge in [0.15, 0.2) is 10.9 Å². The lowest BCUT2D eigenvalue weighted by atomic mass is 10.1. The van der Waals surface area contributed by atoms with E-state index in [1.165, 1.54) is 11.3 Å². The van der Waals surface area contributed by atoms with Crippen LogP contribution in [0.1, 0.15) is 16.1 Å². The fraction of sp³-hybridized carbons (Fsp3) is 0.333. The molecular weight excluding hydrogens is 348 g/mol. The van der Waals surface area contributed by atoms with E-state index in [2.05, 4.69) is 32.4 Å². The molecule has 4 rings (SSSR count). The monoisotopic (exact) mass is 368 g/mol. The topological polar surface area (TPSA) is 74.2 Å². The number of likely N-dealkylation sites (N-methyl/N-ethyl adjacent to an activating group) is 1. The first kappa shape index (κ1) is 16.9. The van der Waals surface area contributed by atoms with Crippen LogP contribution in [0.15, 0.2) is 30.3 Å². The summed E-state index contributed by atoms with van der Waals surface area (Å²) in [4.78, 5) is 21.5. The average Bonchev–Trinajstić information content (AvgIpc) is 3.05. The summed E-state index contributed by atoms with van der Waals surface area (Å²) in [6.07, 6.45) is 0. The normalized spacial score (nSPS) is 15.4. The van der Waals surface area contributed by atoms with Crippen LogP contribution in [0.2, 0.25) is 0 Å². The summed E-state index contributed by atoms with van der Waals surface area (Å²) in [6.45, 7) is 5.28. The van der Waals surface area contributed by atoms with Crippen LogP contribution >= 0.6 is 11.3 Å². The van der Waals surface area contributed by atoms with E-state index in [-0.39, 0.29) is 5.91 Å². The van der Waals surface area contributed by atoms with Crippen molar-refractivity contribution in [2.75, 3.05) is 38.5 Å². The molecule has 0 unspecified atom stereocenters. The molecule has 1 fully saturated rings. The number of aryl methyl sites for hydroxylation is 1. The fourth-order valence-electron chi connectivity index (χ4n) is 2.88. The molecule has 0 bridgehead atoms. The van der Waals surface area contributed by atoms with Gasteiger partial charge in [0.1, 0.15) is 0 Å². The van der Waals surface area contributed by atoms with E-state index >= 15 is 0 Å². The van der Waals surface area contributed by atoms with Crippen LogP contribution in [0.25, 0.3) is 10.2 Å². The highest BCUT2D eigenvalue weighted by atomic mass is 32.1. The molecule has 0 spiro atoms. The quantitative estimate of drug-likeness (QED) is 0.766. The highest BCUT2D eigenvalue weighted by molar-refractivity contribution is 7.22. The zero-order valence-electron chi connectivity index (χ0n) is 14.8. The minimum atomic E-state index is 0.0901. The van der Waals surface area contributed by atoms with Crippen molar-refractivity contribution in [3.63, 3.8) is 0 Å². The van der Waals surface area contributed by atoms with Crippen molar-refractivity contribution in [3.05, 3.63) is 41.6 Å². The van der Waals surface area contributed by atoms with Crippen LogP contribution in [0.4, 0.5) is 10.9 Å². The van der Waals surface area contributed by atoms with Crippen molar-refractivity contribution < 1.29 is 4.79 Å². The number of amides is 1. The van der Waals surface area contributed by atoms with Gasteiger partial charge in [-0.05, 0) is 44.3 Å². The second-order valence-electron chi connectivity index (χ2n) is 6.48. The number of piperazine rings is 1. The maximum absolute atomic E-state index is 12.7. The Morgan fingerprint density at radius 1 is 1.12 bits per heavy atom. The van der Waals surface area contributed by atoms with Gasteiger partial charge in [0, 0.05) is 31.7 Å². The van der Waals surface area contributed by atoms with E-state index in [9.17, 15) is 4.79 Å². The zero-order chi connectivity index (χ0) is 18.1. The van der Waals surface area contributed by atoms with Crippen molar-refractivity contribution >= 4 is 38.4 Å². The van der Waals surface area contributed by atoms with Gasteiger partial charge in [0.05, 0.1) is 15.9 Å². The fourth-order valence-corrected chi connectivity index (χ4v) is 3.79. The molecule has 1 aliphatic heterocycles. The predicted octanol–water partition coefficient (Wildman–Crippen LogP) is 2.53. The number of carbonyl (C=O) groups excluding carboxylic acids is 1. The maximum Gasteiger partial charge on any atom is 0.253 e. The van der Waals surface area contributed by atoms with Gasteiger partial charge in [0.25, 0.3) is 5.91 Å². The summed E-state index contributed by atoms with van der Waals surface area (Å²) in [5.74, 6) is 0.746. The van der Waals surface area contributed by atoms with Gasteiger partial charge in [-0.15, -0.1) is 5.10 Å². The van der Waals surface area contributed by atoms with Gasteiger partial charge < -0.3 is 15.1 Å². The molecule has 8 heteroatoms. The van der Waals surface area contributed by atoms with Gasteiger partial charge >= 0.3 is 0 Å². The molecule has 0 radical (unpaired) electrons. The maximum atomic E-state index is 12.7. The Kier molecular flexibility index (Phi) is 4.52. The molecule has 1 amide bonds. The van der Waals surface area contributed by atoms with E-state index in [0.29, 0.717) is 11.4 Å². The van der Waals surface area contributed by atoms with Gasteiger partial charge in [-0.25, -0.2) is 4.98 Å². The number of rotatable bonds is 3. The third kappa shape index (κ3) is 3.51. The van der Waals surface area contributed by atoms with Crippen molar-refractivity contribution in [2.45, 2.75) is 6.92 Å². The van der Waals surface area contributed by atoms with Gasteiger partial charge in [-0.3, -0.25) is 4.79 Å². The van der Waals surface area contributed by atoms with Crippen LogP contribution in [0.3, 0.4) is 0 Å². The first-order valence-electron chi connectivity index (χ1n) is 8.54. The largest absolute Gasteiger partial charge is 0.336 e. The average molecular weight is 368 g/mol. The molecule has 0 atom stereocenters. The number of anilines is 2. The van der Waals surface area contributed by atoms with E-state index in [1.54, 1.807) is 0 Å². The Labute approximate surface area is 155 Å². The number of hydrogen-bond acceptors (Lipinski definition) is 7. The lowest BCUT2D eigenvalue weighted by molar-refractivity contribution is 0.0664. The second-order valence-corrected chi connectivity index (χ2v) is 7.51. The summed E-state index contributed by atoms with van der Waals surface area (Å²) in [5.41, 5.74) is 2.45. The molecule has 26 heavy (non-hydrogen) atoms. The van der Waals surface area contributed by atoms with Crippen LogP contribution in [-0.4, -0.2) is 64.1 Å². The van der Waals surface area contributed by atoms with E-state index < -0.39 is 0 Å². The van der Waals surface area contributed by atoms with Crippen molar-refractivity contribution in [1.82, 2.24) is 25.0 Å². The summed E-state index contributed by atoms with van der Waals surface area (Å²) in [5, 5.41) is 12.0. The summed E-state index contributed by atoms with van der Waals surface area (Å²) in [6, 6.07) is 9.46. The third-order valence-corrected chi connectivity index (χ3v) is 5.39. The molecule has 1 saturated heterocycles. The first-order chi connectivity index (χ1) is 12.6. The highest BCUT2D eigenvalue weighted by Crippen LogP contribution is 2.29. The van der Waals surface area contributed by atoms with E-state index in [0.717, 1.165) is 47.2 Å². The molecule has 3 heterocycles. The van der Waals surface area contributed by atoms with E-state index in [4.69, 9.17) is 0 Å². The van der Waals surface area contributed by atoms with Crippen molar-refractivity contribution in [3.8, 4) is 0 Å². The molecule has 2 aromatic heterocycles. The molecule has 1 aliphatic rings. The second kappa shape index (κ2) is 6.97. The Balaban J connectivity index is 1.53. The SMILES string of the molecule is Cc1ccc(Nc2nc3ccc(C(=O)N4CCN(C)CC4)cc3s2)nn1. The molecule has 3 aromatic rings. The number of benzene rings is 1. The Morgan fingerprint density at radius 2 is 1.92 bits per heavy atom. The summed E-state index contributed by atoms with van der Waals surface area (Å²) >= 11 is 1.51. The Hall–Kier alpha value is -2.58.